The predicted molar refractivity (Wildman–Crippen MR) is 133 cm³/mol. The SMILES string of the molecule is COc1cc(OC)cc([C@@H]2[C@@H](C(=O)NCCNCc3ccccc3)CCC(=O)N2CC(C)C)c1. The fourth-order valence-corrected chi connectivity index (χ4v) is 4.48. The Morgan fingerprint density at radius 3 is 2.35 bits per heavy atom. The molecule has 2 amide bonds. The van der Waals surface area contributed by atoms with Gasteiger partial charge in [0.1, 0.15) is 11.5 Å². The highest BCUT2D eigenvalue weighted by atomic mass is 16.5. The van der Waals surface area contributed by atoms with E-state index in [1.807, 2.05) is 35.2 Å². The molecule has 184 valence electrons. The van der Waals surface area contributed by atoms with Crippen LogP contribution in [0.3, 0.4) is 0 Å². The van der Waals surface area contributed by atoms with E-state index in [1.165, 1.54) is 5.56 Å². The van der Waals surface area contributed by atoms with E-state index in [2.05, 4.69) is 36.6 Å². The Labute approximate surface area is 202 Å². The average molecular weight is 468 g/mol. The number of nitrogens with one attached hydrogen (secondary N) is 2. The van der Waals surface area contributed by atoms with Crippen LogP contribution in [0.25, 0.3) is 0 Å². The Hall–Kier alpha value is -3.06. The zero-order valence-electron chi connectivity index (χ0n) is 20.7. The lowest BCUT2D eigenvalue weighted by Crippen LogP contribution is -2.49. The summed E-state index contributed by atoms with van der Waals surface area (Å²) in [7, 11) is 3.20. The molecule has 0 aliphatic carbocycles. The number of nitrogens with zero attached hydrogens (tertiary/aromatic N) is 1. The number of rotatable bonds is 11. The van der Waals surface area contributed by atoms with Gasteiger partial charge in [0.25, 0.3) is 0 Å². The van der Waals surface area contributed by atoms with Crippen molar-refractivity contribution in [2.45, 2.75) is 39.3 Å². The van der Waals surface area contributed by atoms with E-state index in [1.54, 1.807) is 20.3 Å². The van der Waals surface area contributed by atoms with Crippen molar-refractivity contribution < 1.29 is 19.1 Å². The monoisotopic (exact) mass is 467 g/mol. The molecule has 1 aliphatic rings. The summed E-state index contributed by atoms with van der Waals surface area (Å²) in [6.45, 7) is 6.69. The van der Waals surface area contributed by atoms with Crippen molar-refractivity contribution in [2.75, 3.05) is 33.9 Å². The molecule has 2 atom stereocenters. The van der Waals surface area contributed by atoms with Crippen LogP contribution in [0.1, 0.15) is 43.9 Å². The summed E-state index contributed by atoms with van der Waals surface area (Å²) in [6.07, 6.45) is 0.884. The molecule has 1 fully saturated rings. The smallest absolute Gasteiger partial charge is 0.225 e. The van der Waals surface area contributed by atoms with E-state index in [-0.39, 0.29) is 29.7 Å². The van der Waals surface area contributed by atoms with Gasteiger partial charge in [0.2, 0.25) is 11.8 Å². The first-order valence-corrected chi connectivity index (χ1v) is 12.0. The maximum atomic E-state index is 13.3. The van der Waals surface area contributed by atoms with Gasteiger partial charge in [-0.05, 0) is 35.6 Å². The lowest BCUT2D eigenvalue weighted by Gasteiger charge is -2.42. The van der Waals surface area contributed by atoms with Crippen LogP contribution in [-0.4, -0.2) is 50.6 Å². The molecule has 0 unspecified atom stereocenters. The van der Waals surface area contributed by atoms with Crippen molar-refractivity contribution in [2.24, 2.45) is 11.8 Å². The zero-order valence-corrected chi connectivity index (χ0v) is 20.7. The summed E-state index contributed by atoms with van der Waals surface area (Å²) in [6, 6.07) is 15.4. The van der Waals surface area contributed by atoms with E-state index in [4.69, 9.17) is 9.47 Å². The second kappa shape index (κ2) is 12.4. The third-order valence-corrected chi connectivity index (χ3v) is 6.09. The Morgan fingerprint density at radius 2 is 1.74 bits per heavy atom. The minimum absolute atomic E-state index is 0.0328. The van der Waals surface area contributed by atoms with Crippen molar-refractivity contribution in [3.05, 3.63) is 59.7 Å². The minimum atomic E-state index is -0.370. The fraction of sp³-hybridized carbons (Fsp3) is 0.481. The van der Waals surface area contributed by atoms with Crippen LogP contribution in [0.2, 0.25) is 0 Å². The van der Waals surface area contributed by atoms with Crippen LogP contribution in [0, 0.1) is 11.8 Å². The van der Waals surface area contributed by atoms with Gasteiger partial charge in [0, 0.05) is 38.7 Å². The van der Waals surface area contributed by atoms with Crippen LogP contribution in [0.5, 0.6) is 11.5 Å². The normalized spacial score (nSPS) is 18.1. The summed E-state index contributed by atoms with van der Waals surface area (Å²) in [4.78, 5) is 28.1. The molecule has 0 saturated carbocycles. The van der Waals surface area contributed by atoms with Gasteiger partial charge < -0.3 is 25.0 Å². The Bertz CT molecular complexity index is 926. The largest absolute Gasteiger partial charge is 0.497 e. The molecule has 1 saturated heterocycles. The standard InChI is InChI=1S/C27H37N3O4/c1-19(2)18-30-25(31)11-10-24(26(30)21-14-22(33-3)16-23(15-21)34-4)27(32)29-13-12-28-17-20-8-6-5-7-9-20/h5-9,14-16,19,24,26,28H,10-13,17-18H2,1-4H3,(H,29,32)/t24-,26+/m0/s1. The van der Waals surface area contributed by atoms with Gasteiger partial charge in [-0.25, -0.2) is 0 Å². The molecular weight excluding hydrogens is 430 g/mol. The molecule has 2 aromatic rings. The van der Waals surface area contributed by atoms with Crippen molar-refractivity contribution in [3.63, 3.8) is 0 Å². The lowest BCUT2D eigenvalue weighted by molar-refractivity contribution is -0.144. The number of benzene rings is 2. The molecule has 3 rings (SSSR count). The van der Waals surface area contributed by atoms with Crippen molar-refractivity contribution in [3.8, 4) is 11.5 Å². The summed E-state index contributed by atoms with van der Waals surface area (Å²) >= 11 is 0. The van der Waals surface area contributed by atoms with Crippen molar-refractivity contribution >= 4 is 11.8 Å². The first kappa shape index (κ1) is 25.6. The molecule has 0 bridgehead atoms. The Kier molecular flexibility index (Phi) is 9.33. The Balaban J connectivity index is 1.74. The molecule has 0 spiro atoms. The first-order valence-electron chi connectivity index (χ1n) is 12.0. The zero-order chi connectivity index (χ0) is 24.5. The number of carbonyl (C=O) groups is 2. The van der Waals surface area contributed by atoms with E-state index in [9.17, 15) is 9.59 Å². The van der Waals surface area contributed by atoms with Gasteiger partial charge in [-0.2, -0.15) is 0 Å². The summed E-state index contributed by atoms with van der Waals surface area (Å²) in [5, 5.41) is 6.45. The lowest BCUT2D eigenvalue weighted by atomic mass is 9.83. The number of amides is 2. The molecule has 34 heavy (non-hydrogen) atoms. The molecule has 0 radical (unpaired) electrons. The van der Waals surface area contributed by atoms with Gasteiger partial charge >= 0.3 is 0 Å². The average Bonchev–Trinajstić information content (AvgIpc) is 2.84. The highest BCUT2D eigenvalue weighted by molar-refractivity contribution is 5.85. The van der Waals surface area contributed by atoms with Gasteiger partial charge in [-0.3, -0.25) is 9.59 Å². The molecule has 2 aromatic carbocycles. The van der Waals surface area contributed by atoms with E-state index < -0.39 is 0 Å². The summed E-state index contributed by atoms with van der Waals surface area (Å²) < 4.78 is 10.9. The Morgan fingerprint density at radius 1 is 1.06 bits per heavy atom. The predicted octanol–water partition coefficient (Wildman–Crippen LogP) is 3.55. The first-order chi connectivity index (χ1) is 16.4. The number of methoxy groups -OCH3 is 2. The van der Waals surface area contributed by atoms with Crippen LogP contribution in [0.15, 0.2) is 48.5 Å². The van der Waals surface area contributed by atoms with Gasteiger partial charge in [0.05, 0.1) is 26.2 Å². The molecule has 1 aliphatic heterocycles. The third kappa shape index (κ3) is 6.73. The molecule has 1 heterocycles. The number of piperidine rings is 1. The molecule has 0 aromatic heterocycles. The van der Waals surface area contributed by atoms with Gasteiger partial charge in [0.15, 0.2) is 0 Å². The highest BCUT2D eigenvalue weighted by Gasteiger charge is 2.41. The second-order valence-corrected chi connectivity index (χ2v) is 9.13. The van der Waals surface area contributed by atoms with E-state index in [0.717, 1.165) is 12.1 Å². The van der Waals surface area contributed by atoms with E-state index >= 15 is 0 Å². The second-order valence-electron chi connectivity index (χ2n) is 9.13. The van der Waals surface area contributed by atoms with Crippen molar-refractivity contribution in [1.82, 2.24) is 15.5 Å². The van der Waals surface area contributed by atoms with Gasteiger partial charge in [-0.1, -0.05) is 44.2 Å². The van der Waals surface area contributed by atoms with E-state index in [0.29, 0.717) is 44.0 Å². The number of likely N-dealkylation sites (tertiary alicyclic amines) is 1. The van der Waals surface area contributed by atoms with Crippen molar-refractivity contribution in [1.29, 1.82) is 0 Å². The molecule has 7 heteroatoms. The fourth-order valence-electron chi connectivity index (χ4n) is 4.48. The summed E-state index contributed by atoms with van der Waals surface area (Å²) in [5.74, 6) is 1.26. The van der Waals surface area contributed by atoms with Crippen LogP contribution in [0.4, 0.5) is 0 Å². The maximum Gasteiger partial charge on any atom is 0.225 e. The topological polar surface area (TPSA) is 79.9 Å². The van der Waals surface area contributed by atoms with Crippen LogP contribution < -0.4 is 20.1 Å². The number of hydrogen-bond acceptors (Lipinski definition) is 5. The van der Waals surface area contributed by atoms with Gasteiger partial charge in [-0.15, -0.1) is 0 Å². The number of hydrogen-bond donors (Lipinski definition) is 2. The highest BCUT2D eigenvalue weighted by Crippen LogP contribution is 2.40. The van der Waals surface area contributed by atoms with Crippen LogP contribution in [-0.2, 0) is 16.1 Å². The minimum Gasteiger partial charge on any atom is -0.497 e. The number of carbonyl (C=O) groups excluding carboxylic acids is 2. The quantitative estimate of drug-likeness (QED) is 0.494. The molecule has 7 nitrogen and oxygen atoms in total. The molecular formula is C27H37N3O4. The van der Waals surface area contributed by atoms with Crippen LogP contribution >= 0.6 is 0 Å². The number of ether oxygens (including phenoxy) is 2. The third-order valence-electron chi connectivity index (χ3n) is 6.09. The molecule has 2 N–H and O–H groups in total. The maximum absolute atomic E-state index is 13.3. The summed E-state index contributed by atoms with van der Waals surface area (Å²) in [5.41, 5.74) is 2.06.